The molecular weight excluding hydrogens is 517 g/mol. The van der Waals surface area contributed by atoms with Crippen molar-refractivity contribution in [1.29, 1.82) is 0 Å². The Kier molecular flexibility index (Phi) is 14.0. The number of hydrogen-bond donors (Lipinski definition) is 2. The predicted molar refractivity (Wildman–Crippen MR) is 142 cm³/mol. The summed E-state index contributed by atoms with van der Waals surface area (Å²) in [7, 11) is 1.77. The number of aryl methyl sites for hydroxylation is 1. The monoisotopic (exact) mass is 555 g/mol. The zero-order valence-electron chi connectivity index (χ0n) is 19.9. The van der Waals surface area contributed by atoms with Crippen LogP contribution in [0.25, 0.3) is 0 Å². The van der Waals surface area contributed by atoms with Crippen molar-refractivity contribution in [3.05, 3.63) is 64.7 Å². The molecule has 2 rings (SSSR count). The van der Waals surface area contributed by atoms with Gasteiger partial charge in [-0.3, -0.25) is 4.99 Å². The summed E-state index contributed by atoms with van der Waals surface area (Å²) in [5, 5.41) is 6.73. The SMILES string of the molecule is CCOCCOc1cc(C)ccc1CNC(=NC)NCc1ccc(COC(C)C)cc1.I. The topological polar surface area (TPSA) is 64.1 Å². The Hall–Kier alpha value is -1.84. The average molecular weight is 556 g/mol. The smallest absolute Gasteiger partial charge is 0.191 e. The molecule has 0 heterocycles. The number of guanidine groups is 1. The van der Waals surface area contributed by atoms with Crippen molar-refractivity contribution in [3.63, 3.8) is 0 Å². The number of hydrogen-bond acceptors (Lipinski definition) is 4. The largest absolute Gasteiger partial charge is 0.491 e. The highest BCUT2D eigenvalue weighted by molar-refractivity contribution is 14.0. The van der Waals surface area contributed by atoms with E-state index in [0.717, 1.165) is 17.3 Å². The van der Waals surface area contributed by atoms with Gasteiger partial charge >= 0.3 is 0 Å². The fourth-order valence-corrected chi connectivity index (χ4v) is 2.90. The van der Waals surface area contributed by atoms with Gasteiger partial charge in [0.1, 0.15) is 12.4 Å². The van der Waals surface area contributed by atoms with E-state index >= 15 is 0 Å². The summed E-state index contributed by atoms with van der Waals surface area (Å²) >= 11 is 0. The van der Waals surface area contributed by atoms with Crippen molar-refractivity contribution >= 4 is 29.9 Å². The molecule has 0 aromatic heterocycles. The van der Waals surface area contributed by atoms with Gasteiger partial charge in [0.15, 0.2) is 5.96 Å². The molecule has 0 radical (unpaired) electrons. The molecule has 32 heavy (non-hydrogen) atoms. The summed E-state index contributed by atoms with van der Waals surface area (Å²) in [6, 6.07) is 14.7. The van der Waals surface area contributed by atoms with E-state index in [1.54, 1.807) is 7.05 Å². The molecule has 0 atom stereocenters. The minimum absolute atomic E-state index is 0. The lowest BCUT2D eigenvalue weighted by molar-refractivity contribution is 0.0657. The molecule has 2 aromatic carbocycles. The number of nitrogens with zero attached hydrogens (tertiary/aromatic N) is 1. The molecule has 0 saturated carbocycles. The van der Waals surface area contributed by atoms with Crippen molar-refractivity contribution < 1.29 is 14.2 Å². The van der Waals surface area contributed by atoms with Gasteiger partial charge in [0.2, 0.25) is 0 Å². The molecule has 7 heteroatoms. The lowest BCUT2D eigenvalue weighted by Crippen LogP contribution is -2.36. The summed E-state index contributed by atoms with van der Waals surface area (Å²) in [4.78, 5) is 4.33. The lowest BCUT2D eigenvalue weighted by atomic mass is 10.1. The van der Waals surface area contributed by atoms with E-state index in [0.29, 0.717) is 39.5 Å². The number of rotatable bonds is 12. The first-order valence-corrected chi connectivity index (χ1v) is 11.0. The first-order chi connectivity index (χ1) is 15.0. The van der Waals surface area contributed by atoms with Gasteiger partial charge in [0, 0.05) is 32.3 Å². The highest BCUT2D eigenvalue weighted by Gasteiger charge is 2.06. The summed E-state index contributed by atoms with van der Waals surface area (Å²) < 4.78 is 16.9. The van der Waals surface area contributed by atoms with Gasteiger partial charge in [-0.25, -0.2) is 0 Å². The Morgan fingerprint density at radius 3 is 2.31 bits per heavy atom. The number of aliphatic imine (C=N–C) groups is 1. The van der Waals surface area contributed by atoms with Crippen LogP contribution in [0.4, 0.5) is 0 Å². The van der Waals surface area contributed by atoms with Gasteiger partial charge in [-0.15, -0.1) is 24.0 Å². The number of nitrogens with one attached hydrogen (secondary N) is 2. The first kappa shape index (κ1) is 28.2. The van der Waals surface area contributed by atoms with Gasteiger partial charge < -0.3 is 24.8 Å². The predicted octanol–water partition coefficient (Wildman–Crippen LogP) is 4.82. The van der Waals surface area contributed by atoms with Crippen LogP contribution in [-0.4, -0.2) is 38.9 Å². The molecule has 178 valence electrons. The second kappa shape index (κ2) is 15.9. The van der Waals surface area contributed by atoms with E-state index in [-0.39, 0.29) is 30.1 Å². The molecular formula is C25H38IN3O3. The zero-order chi connectivity index (χ0) is 22.5. The molecule has 0 saturated heterocycles. The summed E-state index contributed by atoms with van der Waals surface area (Å²) in [6.45, 7) is 11.9. The van der Waals surface area contributed by atoms with Crippen LogP contribution < -0.4 is 15.4 Å². The summed E-state index contributed by atoms with van der Waals surface area (Å²) in [6.07, 6.45) is 0.236. The summed E-state index contributed by atoms with van der Waals surface area (Å²) in [5.41, 5.74) is 4.61. The maximum absolute atomic E-state index is 5.93. The molecule has 0 amide bonds. The molecule has 0 aliphatic heterocycles. The minimum Gasteiger partial charge on any atom is -0.491 e. The van der Waals surface area contributed by atoms with Crippen LogP contribution in [0.1, 0.15) is 43.0 Å². The maximum atomic E-state index is 5.93. The normalized spacial score (nSPS) is 11.2. The standard InChI is InChI=1S/C25H37N3O3.HI/c1-6-29-13-14-30-24-15-20(4)7-12-23(24)17-28-25(26-5)27-16-21-8-10-22(11-9-21)18-31-19(2)3;/h7-12,15,19H,6,13-14,16-18H2,1-5H3,(H2,26,27,28);1H. The van der Waals surface area contributed by atoms with Crippen LogP contribution >= 0.6 is 24.0 Å². The third-order valence-corrected chi connectivity index (χ3v) is 4.65. The van der Waals surface area contributed by atoms with E-state index in [4.69, 9.17) is 14.2 Å². The maximum Gasteiger partial charge on any atom is 0.191 e. The molecule has 6 nitrogen and oxygen atoms in total. The van der Waals surface area contributed by atoms with Crippen LogP contribution in [-0.2, 0) is 29.2 Å². The van der Waals surface area contributed by atoms with E-state index < -0.39 is 0 Å². The molecule has 2 N–H and O–H groups in total. The fraction of sp³-hybridized carbons (Fsp3) is 0.480. The zero-order valence-corrected chi connectivity index (χ0v) is 22.3. The third-order valence-electron chi connectivity index (χ3n) is 4.65. The van der Waals surface area contributed by atoms with Crippen molar-refractivity contribution in [2.75, 3.05) is 26.9 Å². The number of ether oxygens (including phenoxy) is 3. The fourth-order valence-electron chi connectivity index (χ4n) is 2.90. The Morgan fingerprint density at radius 1 is 0.969 bits per heavy atom. The molecule has 0 aliphatic rings. The van der Waals surface area contributed by atoms with Crippen molar-refractivity contribution in [3.8, 4) is 5.75 Å². The highest BCUT2D eigenvalue weighted by atomic mass is 127. The number of benzene rings is 2. The Labute approximate surface area is 210 Å². The summed E-state index contributed by atoms with van der Waals surface area (Å²) in [5.74, 6) is 1.62. The van der Waals surface area contributed by atoms with Crippen molar-refractivity contribution in [2.24, 2.45) is 4.99 Å². The van der Waals surface area contributed by atoms with E-state index in [1.165, 1.54) is 16.7 Å². The Bertz CT molecular complexity index is 811. The van der Waals surface area contributed by atoms with Gasteiger partial charge in [-0.2, -0.15) is 0 Å². The average Bonchev–Trinajstić information content (AvgIpc) is 2.77. The first-order valence-electron chi connectivity index (χ1n) is 11.0. The minimum atomic E-state index is 0. The van der Waals surface area contributed by atoms with E-state index in [9.17, 15) is 0 Å². The molecule has 0 spiro atoms. The second-order valence-corrected chi connectivity index (χ2v) is 7.61. The van der Waals surface area contributed by atoms with Gasteiger partial charge in [0.05, 0.1) is 19.3 Å². The third kappa shape index (κ3) is 10.7. The van der Waals surface area contributed by atoms with Crippen molar-refractivity contribution in [2.45, 2.75) is 53.5 Å². The molecule has 0 fully saturated rings. The van der Waals surface area contributed by atoms with Crippen LogP contribution in [0.2, 0.25) is 0 Å². The van der Waals surface area contributed by atoms with Gasteiger partial charge in [0.25, 0.3) is 0 Å². The highest BCUT2D eigenvalue weighted by Crippen LogP contribution is 2.20. The molecule has 0 unspecified atom stereocenters. The Balaban J connectivity index is 0.00000512. The van der Waals surface area contributed by atoms with Crippen LogP contribution in [0.15, 0.2) is 47.5 Å². The van der Waals surface area contributed by atoms with E-state index in [2.05, 4.69) is 65.0 Å². The molecule has 2 aromatic rings. The van der Waals surface area contributed by atoms with Crippen LogP contribution in [0.3, 0.4) is 0 Å². The second-order valence-electron chi connectivity index (χ2n) is 7.61. The quantitative estimate of drug-likeness (QED) is 0.170. The van der Waals surface area contributed by atoms with Crippen LogP contribution in [0, 0.1) is 6.92 Å². The van der Waals surface area contributed by atoms with Gasteiger partial charge in [-0.1, -0.05) is 36.4 Å². The van der Waals surface area contributed by atoms with E-state index in [1.807, 2.05) is 20.8 Å². The Morgan fingerprint density at radius 2 is 1.66 bits per heavy atom. The van der Waals surface area contributed by atoms with Gasteiger partial charge in [-0.05, 0) is 50.5 Å². The number of halogens is 1. The van der Waals surface area contributed by atoms with Crippen LogP contribution in [0.5, 0.6) is 5.75 Å². The lowest BCUT2D eigenvalue weighted by Gasteiger charge is -2.16. The van der Waals surface area contributed by atoms with Crippen molar-refractivity contribution in [1.82, 2.24) is 10.6 Å². The molecule has 0 aliphatic carbocycles. The molecule has 0 bridgehead atoms.